The zero-order valence-electron chi connectivity index (χ0n) is 15.4. The smallest absolute Gasteiger partial charge is 0.241 e. The van der Waals surface area contributed by atoms with Crippen LogP contribution < -0.4 is 4.72 Å². The van der Waals surface area contributed by atoms with E-state index < -0.39 is 19.9 Å². The first-order chi connectivity index (χ1) is 12.5. The Morgan fingerprint density at radius 1 is 1.04 bits per heavy atom. The summed E-state index contributed by atoms with van der Waals surface area (Å²) in [6, 6.07) is 13.7. The summed E-state index contributed by atoms with van der Waals surface area (Å²) in [6.45, 7) is 0.194. The fourth-order valence-corrected chi connectivity index (χ4v) is 5.31. The van der Waals surface area contributed by atoms with Crippen molar-refractivity contribution in [3.8, 4) is 0 Å². The van der Waals surface area contributed by atoms with Crippen molar-refractivity contribution in [1.82, 2.24) is 9.62 Å². The zero-order chi connectivity index (χ0) is 20.2. The molecule has 0 aliphatic rings. The Kier molecular flexibility index (Phi) is 7.20. The molecule has 27 heavy (non-hydrogen) atoms. The fraction of sp³-hybridized carbons (Fsp3) is 0.333. The van der Waals surface area contributed by atoms with E-state index in [9.17, 15) is 16.8 Å². The molecule has 9 heteroatoms. The Hall–Kier alpha value is -1.26. The Labute approximate surface area is 169 Å². The summed E-state index contributed by atoms with van der Waals surface area (Å²) >= 11 is 3.20. The van der Waals surface area contributed by atoms with E-state index in [1.165, 1.54) is 18.2 Å². The lowest BCUT2D eigenvalue weighted by molar-refractivity contribution is 0.291. The van der Waals surface area contributed by atoms with Crippen LogP contribution in [0.5, 0.6) is 0 Å². The molecule has 0 bridgehead atoms. The molecule has 0 saturated heterocycles. The SMILES string of the molecule is CN(C)C(CNS(=O)(=O)c1cc(S(C)(=O)=O)ccc1Br)Cc1ccccc1. The zero-order valence-corrected chi connectivity index (χ0v) is 18.6. The van der Waals surface area contributed by atoms with E-state index in [4.69, 9.17) is 0 Å². The molecule has 0 aliphatic carbocycles. The molecule has 0 aliphatic heterocycles. The van der Waals surface area contributed by atoms with E-state index in [-0.39, 0.29) is 22.4 Å². The highest BCUT2D eigenvalue weighted by Gasteiger charge is 2.23. The first-order valence-electron chi connectivity index (χ1n) is 8.20. The van der Waals surface area contributed by atoms with E-state index in [0.29, 0.717) is 10.9 Å². The Morgan fingerprint density at radius 2 is 1.67 bits per heavy atom. The molecule has 2 rings (SSSR count). The third-order valence-corrected chi connectivity index (χ3v) is 7.70. The third kappa shape index (κ3) is 6.11. The number of halogens is 1. The molecular weight excluding hydrogens is 452 g/mol. The number of likely N-dealkylation sites (N-methyl/N-ethyl adjacent to an activating group) is 1. The fourth-order valence-electron chi connectivity index (χ4n) is 2.53. The molecule has 1 N–H and O–H groups in total. The van der Waals surface area contributed by atoms with Gasteiger partial charge in [0.1, 0.15) is 0 Å². The molecular formula is C18H23BrN2O4S2. The number of sulfone groups is 1. The Morgan fingerprint density at radius 3 is 2.22 bits per heavy atom. The van der Waals surface area contributed by atoms with Crippen LogP contribution in [0.4, 0.5) is 0 Å². The lowest BCUT2D eigenvalue weighted by atomic mass is 10.1. The number of hydrogen-bond acceptors (Lipinski definition) is 5. The van der Waals surface area contributed by atoms with Gasteiger partial charge in [0.25, 0.3) is 0 Å². The normalized spacial score (nSPS) is 13.7. The van der Waals surface area contributed by atoms with Gasteiger partial charge in [0.05, 0.1) is 9.79 Å². The van der Waals surface area contributed by atoms with Crippen molar-refractivity contribution < 1.29 is 16.8 Å². The highest BCUT2D eigenvalue weighted by atomic mass is 79.9. The van der Waals surface area contributed by atoms with E-state index >= 15 is 0 Å². The molecule has 1 unspecified atom stereocenters. The molecule has 0 heterocycles. The molecule has 0 spiro atoms. The molecule has 0 aromatic heterocycles. The van der Waals surface area contributed by atoms with Crippen molar-refractivity contribution in [2.45, 2.75) is 22.3 Å². The van der Waals surface area contributed by atoms with Crippen molar-refractivity contribution in [1.29, 1.82) is 0 Å². The summed E-state index contributed by atoms with van der Waals surface area (Å²) in [7, 11) is -3.61. The number of hydrogen-bond donors (Lipinski definition) is 1. The van der Waals surface area contributed by atoms with Gasteiger partial charge in [0, 0.05) is 23.3 Å². The van der Waals surface area contributed by atoms with Gasteiger partial charge in [0.2, 0.25) is 10.0 Å². The number of sulfonamides is 1. The van der Waals surface area contributed by atoms with Gasteiger partial charge in [-0.05, 0) is 60.2 Å². The second-order valence-corrected chi connectivity index (χ2v) is 11.1. The summed E-state index contributed by atoms with van der Waals surface area (Å²) in [5.41, 5.74) is 1.11. The van der Waals surface area contributed by atoms with Gasteiger partial charge in [-0.15, -0.1) is 0 Å². The molecule has 1 atom stereocenters. The Balaban J connectivity index is 2.22. The molecule has 6 nitrogen and oxygen atoms in total. The minimum absolute atomic E-state index is 0.0421. The van der Waals surface area contributed by atoms with Gasteiger partial charge in [0.15, 0.2) is 9.84 Å². The topological polar surface area (TPSA) is 83.6 Å². The van der Waals surface area contributed by atoms with Crippen LogP contribution >= 0.6 is 15.9 Å². The lowest BCUT2D eigenvalue weighted by Gasteiger charge is -2.25. The molecule has 2 aromatic rings. The summed E-state index contributed by atoms with van der Waals surface area (Å²) in [6.07, 6.45) is 1.73. The molecule has 0 amide bonds. The molecule has 0 saturated carbocycles. The molecule has 0 radical (unpaired) electrons. The average molecular weight is 475 g/mol. The lowest BCUT2D eigenvalue weighted by Crippen LogP contribution is -2.41. The molecule has 2 aromatic carbocycles. The number of benzene rings is 2. The van der Waals surface area contributed by atoms with E-state index in [1.807, 2.05) is 49.3 Å². The van der Waals surface area contributed by atoms with Crippen LogP contribution in [0.25, 0.3) is 0 Å². The van der Waals surface area contributed by atoms with Gasteiger partial charge in [-0.3, -0.25) is 0 Å². The van der Waals surface area contributed by atoms with Crippen LogP contribution in [0.15, 0.2) is 62.8 Å². The predicted molar refractivity (Wildman–Crippen MR) is 110 cm³/mol. The van der Waals surface area contributed by atoms with Gasteiger partial charge in [-0.1, -0.05) is 30.3 Å². The second kappa shape index (κ2) is 8.83. The van der Waals surface area contributed by atoms with Crippen LogP contribution in [-0.4, -0.2) is 54.7 Å². The van der Waals surface area contributed by atoms with Crippen LogP contribution in [-0.2, 0) is 26.3 Å². The van der Waals surface area contributed by atoms with Crippen LogP contribution in [0.2, 0.25) is 0 Å². The van der Waals surface area contributed by atoms with Crippen LogP contribution in [0.3, 0.4) is 0 Å². The maximum absolute atomic E-state index is 12.8. The largest absolute Gasteiger partial charge is 0.305 e. The van der Waals surface area contributed by atoms with Crippen LogP contribution in [0, 0.1) is 0 Å². The minimum Gasteiger partial charge on any atom is -0.305 e. The number of rotatable bonds is 8. The minimum atomic E-state index is -3.88. The summed E-state index contributed by atoms with van der Waals surface area (Å²) in [4.78, 5) is 1.82. The van der Waals surface area contributed by atoms with Crippen molar-refractivity contribution in [3.63, 3.8) is 0 Å². The first kappa shape index (κ1) is 22.0. The maximum Gasteiger partial charge on any atom is 0.241 e. The second-order valence-electron chi connectivity index (χ2n) is 6.52. The first-order valence-corrected chi connectivity index (χ1v) is 12.4. The van der Waals surface area contributed by atoms with Crippen molar-refractivity contribution >= 4 is 35.8 Å². The van der Waals surface area contributed by atoms with Gasteiger partial charge in [-0.25, -0.2) is 21.6 Å². The van der Waals surface area contributed by atoms with Gasteiger partial charge < -0.3 is 4.90 Å². The number of nitrogens with one attached hydrogen (secondary N) is 1. The quantitative estimate of drug-likeness (QED) is 0.634. The highest BCUT2D eigenvalue weighted by molar-refractivity contribution is 9.10. The van der Waals surface area contributed by atoms with E-state index in [1.54, 1.807) is 0 Å². The molecule has 0 fully saturated rings. The Bertz CT molecular complexity index is 991. The van der Waals surface area contributed by atoms with Crippen LogP contribution in [0.1, 0.15) is 5.56 Å². The summed E-state index contributed by atoms with van der Waals surface area (Å²) < 4.78 is 51.9. The summed E-state index contributed by atoms with van der Waals surface area (Å²) in [5.74, 6) is 0. The number of nitrogens with zero attached hydrogens (tertiary/aromatic N) is 1. The van der Waals surface area contributed by atoms with E-state index in [0.717, 1.165) is 11.8 Å². The maximum atomic E-state index is 12.8. The average Bonchev–Trinajstić information content (AvgIpc) is 2.58. The monoisotopic (exact) mass is 474 g/mol. The van der Waals surface area contributed by atoms with Gasteiger partial charge in [-0.2, -0.15) is 0 Å². The predicted octanol–water partition coefficient (Wildman–Crippen LogP) is 2.30. The summed E-state index contributed by atoms with van der Waals surface area (Å²) in [5, 5.41) is 0. The standard InChI is InChI=1S/C18H23BrN2O4S2/c1-21(2)15(11-14-7-5-4-6-8-14)13-20-27(24,25)18-12-16(26(3,22)23)9-10-17(18)19/h4-10,12,15,20H,11,13H2,1-3H3. The van der Waals surface area contributed by atoms with E-state index in [2.05, 4.69) is 20.7 Å². The van der Waals surface area contributed by atoms with Crippen molar-refractivity contribution in [3.05, 3.63) is 58.6 Å². The van der Waals surface area contributed by atoms with Crippen molar-refractivity contribution in [2.24, 2.45) is 0 Å². The van der Waals surface area contributed by atoms with Crippen molar-refractivity contribution in [2.75, 3.05) is 26.9 Å². The molecule has 148 valence electrons. The highest BCUT2D eigenvalue weighted by Crippen LogP contribution is 2.25. The van der Waals surface area contributed by atoms with Gasteiger partial charge >= 0.3 is 0 Å². The third-order valence-electron chi connectivity index (χ3n) is 4.17.